The van der Waals surface area contributed by atoms with Crippen molar-refractivity contribution in [1.82, 2.24) is 0 Å². The fourth-order valence-electron chi connectivity index (χ4n) is 3.96. The number of hydrogen-bond donors (Lipinski definition) is 0. The van der Waals surface area contributed by atoms with Gasteiger partial charge in [-0.3, -0.25) is 28.8 Å². The predicted octanol–water partition coefficient (Wildman–Crippen LogP) is 0.500. The van der Waals surface area contributed by atoms with Crippen molar-refractivity contribution in [1.29, 1.82) is 0 Å². The Morgan fingerprint density at radius 1 is 0.738 bits per heavy atom. The van der Waals surface area contributed by atoms with Crippen molar-refractivity contribution in [2.75, 3.05) is 13.2 Å². The molecular formula is C24H31N3O15. The van der Waals surface area contributed by atoms with Crippen LogP contribution in [0.4, 0.5) is 0 Å². The van der Waals surface area contributed by atoms with Gasteiger partial charge in [0.1, 0.15) is 37.3 Å². The van der Waals surface area contributed by atoms with Gasteiger partial charge in [-0.1, -0.05) is 5.11 Å². The molecule has 0 bridgehead atoms. The van der Waals surface area contributed by atoms with Crippen LogP contribution in [0, 0.1) is 0 Å². The molecule has 2 rings (SSSR count). The SMILES string of the molecule is CC(=O)OC[C@H]1O[C@@H](O[C@H]2C=C(OC(C)=O)C(N=[N+]=[N-])O[C@@H]2COC(C)=O)[C@H](OC(C)=O)[C@@H](OC(C)=O)[C@@H]1OC(C)=O. The van der Waals surface area contributed by atoms with Crippen LogP contribution in [0.25, 0.3) is 10.4 Å². The molecule has 0 aromatic heterocycles. The molecule has 232 valence electrons. The molecule has 0 aliphatic carbocycles. The second kappa shape index (κ2) is 15.7. The molecule has 2 heterocycles. The van der Waals surface area contributed by atoms with Gasteiger partial charge in [-0.2, -0.15) is 0 Å². The average molecular weight is 602 g/mol. The molecule has 0 aromatic rings. The van der Waals surface area contributed by atoms with E-state index in [-0.39, 0.29) is 5.76 Å². The van der Waals surface area contributed by atoms with Crippen molar-refractivity contribution in [2.45, 2.75) is 90.7 Å². The van der Waals surface area contributed by atoms with Crippen LogP contribution in [-0.4, -0.2) is 98.2 Å². The smallest absolute Gasteiger partial charge is 0.307 e. The third kappa shape index (κ3) is 10.3. The van der Waals surface area contributed by atoms with Crippen molar-refractivity contribution in [3.8, 4) is 0 Å². The zero-order valence-electron chi connectivity index (χ0n) is 23.6. The highest BCUT2D eigenvalue weighted by Gasteiger charge is 2.54. The lowest BCUT2D eigenvalue weighted by atomic mass is 9.97. The van der Waals surface area contributed by atoms with Crippen LogP contribution in [-0.2, 0) is 71.4 Å². The molecule has 18 heteroatoms. The number of carbonyl (C=O) groups is 6. The molecule has 0 spiro atoms. The van der Waals surface area contributed by atoms with E-state index in [1.165, 1.54) is 6.08 Å². The largest absolute Gasteiger partial charge is 0.463 e. The highest BCUT2D eigenvalue weighted by Crippen LogP contribution is 2.33. The number of esters is 6. The molecule has 0 amide bonds. The number of hydrogen-bond acceptors (Lipinski definition) is 16. The summed E-state index contributed by atoms with van der Waals surface area (Å²) < 4.78 is 48.8. The van der Waals surface area contributed by atoms with E-state index in [1.54, 1.807) is 0 Å². The second-order valence-corrected chi connectivity index (χ2v) is 8.87. The molecule has 8 atom stereocenters. The topological polar surface area (TPSA) is 234 Å². The summed E-state index contributed by atoms with van der Waals surface area (Å²) in [5.74, 6) is -5.05. The van der Waals surface area contributed by atoms with E-state index in [0.717, 1.165) is 41.5 Å². The van der Waals surface area contributed by atoms with Crippen molar-refractivity contribution in [2.24, 2.45) is 5.11 Å². The highest BCUT2D eigenvalue weighted by molar-refractivity contribution is 5.69. The number of nitrogens with zero attached hydrogens (tertiary/aromatic N) is 3. The summed E-state index contributed by atoms with van der Waals surface area (Å²) >= 11 is 0. The molecule has 42 heavy (non-hydrogen) atoms. The highest BCUT2D eigenvalue weighted by atomic mass is 16.7. The van der Waals surface area contributed by atoms with E-state index < -0.39 is 98.2 Å². The summed E-state index contributed by atoms with van der Waals surface area (Å²) in [6.45, 7) is 5.52. The van der Waals surface area contributed by atoms with Crippen LogP contribution in [0.3, 0.4) is 0 Å². The van der Waals surface area contributed by atoms with Crippen molar-refractivity contribution in [3.05, 3.63) is 22.3 Å². The lowest BCUT2D eigenvalue weighted by Crippen LogP contribution is -2.63. The van der Waals surface area contributed by atoms with Gasteiger partial charge in [0, 0.05) is 46.5 Å². The van der Waals surface area contributed by atoms with Crippen LogP contribution in [0.1, 0.15) is 41.5 Å². The fourth-order valence-corrected chi connectivity index (χ4v) is 3.96. The zero-order valence-corrected chi connectivity index (χ0v) is 23.6. The molecular weight excluding hydrogens is 570 g/mol. The number of azide groups is 1. The summed E-state index contributed by atoms with van der Waals surface area (Å²) in [5, 5.41) is 3.43. The van der Waals surface area contributed by atoms with Crippen LogP contribution in [0.2, 0.25) is 0 Å². The maximum Gasteiger partial charge on any atom is 0.307 e. The first-order valence-corrected chi connectivity index (χ1v) is 12.4. The van der Waals surface area contributed by atoms with Crippen molar-refractivity contribution < 1.29 is 71.4 Å². The van der Waals surface area contributed by atoms with Crippen molar-refractivity contribution in [3.63, 3.8) is 0 Å². The summed E-state index contributed by atoms with van der Waals surface area (Å²) in [5.41, 5.74) is 8.94. The van der Waals surface area contributed by atoms with Crippen LogP contribution >= 0.6 is 0 Å². The van der Waals surface area contributed by atoms with Gasteiger partial charge in [-0.05, 0) is 11.6 Å². The first-order chi connectivity index (χ1) is 19.7. The van der Waals surface area contributed by atoms with Crippen LogP contribution in [0.5, 0.6) is 0 Å². The normalized spacial score (nSPS) is 28.6. The van der Waals surface area contributed by atoms with Gasteiger partial charge in [0.15, 0.2) is 30.8 Å². The average Bonchev–Trinajstić information content (AvgIpc) is 2.85. The van der Waals surface area contributed by atoms with Gasteiger partial charge in [-0.25, -0.2) is 0 Å². The van der Waals surface area contributed by atoms with E-state index in [2.05, 4.69) is 10.0 Å². The maximum absolute atomic E-state index is 12.1. The molecule has 1 fully saturated rings. The van der Waals surface area contributed by atoms with Gasteiger partial charge in [0.2, 0.25) is 0 Å². The van der Waals surface area contributed by atoms with Crippen LogP contribution in [0.15, 0.2) is 16.9 Å². The van der Waals surface area contributed by atoms with Gasteiger partial charge < -0.3 is 42.6 Å². The molecule has 0 radical (unpaired) electrons. The summed E-state index contributed by atoms with van der Waals surface area (Å²) in [4.78, 5) is 73.5. The summed E-state index contributed by atoms with van der Waals surface area (Å²) in [6.07, 6.45) is -10.3. The molecule has 0 saturated carbocycles. The Hall–Kier alpha value is -4.25. The Morgan fingerprint density at radius 2 is 1.26 bits per heavy atom. The zero-order chi connectivity index (χ0) is 31.6. The standard InChI is InChI=1S/C24H31N3O15/c1-10(28)34-8-18-16(7-17(36-12(3)30)23(40-18)26-27-25)41-24-22(39-15(6)33)21(38-14(5)32)20(37-13(4)31)19(42-24)9-35-11(2)29/h7,16,18-24H,8-9H2,1-6H3/t16-,18+,19+,20+,21-,22+,23?,24+/m0/s1. The molecule has 0 N–H and O–H groups in total. The Bertz CT molecular complexity index is 1130. The maximum atomic E-state index is 12.1. The monoisotopic (exact) mass is 601 g/mol. The third-order valence-electron chi connectivity index (χ3n) is 5.35. The molecule has 1 saturated heterocycles. The molecule has 2 aliphatic heterocycles. The molecule has 18 nitrogen and oxygen atoms in total. The third-order valence-corrected chi connectivity index (χ3v) is 5.35. The number of carbonyl (C=O) groups excluding carboxylic acids is 6. The van der Waals surface area contributed by atoms with Crippen LogP contribution < -0.4 is 0 Å². The minimum atomic E-state index is -1.65. The lowest BCUT2D eigenvalue weighted by Gasteiger charge is -2.45. The second-order valence-electron chi connectivity index (χ2n) is 8.87. The van der Waals surface area contributed by atoms with Gasteiger partial charge in [0.05, 0.1) is 0 Å². The fraction of sp³-hybridized carbons (Fsp3) is 0.667. The first kappa shape index (κ1) is 34.0. The van der Waals surface area contributed by atoms with Gasteiger partial charge >= 0.3 is 35.8 Å². The van der Waals surface area contributed by atoms with Gasteiger partial charge in [0.25, 0.3) is 0 Å². The number of ether oxygens (including phenoxy) is 9. The van der Waals surface area contributed by atoms with E-state index in [4.69, 9.17) is 48.2 Å². The minimum absolute atomic E-state index is 0.282. The Balaban J connectivity index is 2.60. The van der Waals surface area contributed by atoms with E-state index in [9.17, 15) is 28.8 Å². The quantitative estimate of drug-likeness (QED) is 0.103. The van der Waals surface area contributed by atoms with E-state index >= 15 is 0 Å². The van der Waals surface area contributed by atoms with E-state index in [0.29, 0.717) is 0 Å². The summed E-state index contributed by atoms with van der Waals surface area (Å²) in [6, 6.07) is 0. The van der Waals surface area contributed by atoms with Crippen molar-refractivity contribution >= 4 is 35.8 Å². The van der Waals surface area contributed by atoms with E-state index in [1.807, 2.05) is 0 Å². The number of rotatable bonds is 11. The Morgan fingerprint density at radius 3 is 1.76 bits per heavy atom. The first-order valence-electron chi connectivity index (χ1n) is 12.4. The lowest BCUT2D eigenvalue weighted by molar-refractivity contribution is -0.321. The molecule has 2 aliphatic rings. The predicted molar refractivity (Wildman–Crippen MR) is 131 cm³/mol. The van der Waals surface area contributed by atoms with Gasteiger partial charge in [-0.15, -0.1) is 0 Å². The summed E-state index contributed by atoms with van der Waals surface area (Å²) in [7, 11) is 0. The molecule has 1 unspecified atom stereocenters. The Kier molecular flexibility index (Phi) is 12.7. The molecule has 0 aromatic carbocycles. The minimum Gasteiger partial charge on any atom is -0.463 e. The Labute approximate surface area is 239 Å².